The smallest absolute Gasteiger partial charge is 0.278 e. The van der Waals surface area contributed by atoms with Crippen molar-refractivity contribution in [2.75, 3.05) is 16.9 Å². The zero-order valence-corrected chi connectivity index (χ0v) is 11.7. The maximum atomic E-state index is 13.4. The van der Waals surface area contributed by atoms with E-state index in [4.69, 9.17) is 17.4 Å². The summed E-state index contributed by atoms with van der Waals surface area (Å²) < 4.78 is 13.4. The molecule has 0 radical (unpaired) electrons. The largest absolute Gasteiger partial charge is 0.308 e. The fourth-order valence-corrected chi connectivity index (χ4v) is 2.55. The molecule has 0 aliphatic carbocycles. The molecule has 1 aromatic carbocycles. The van der Waals surface area contributed by atoms with Crippen LogP contribution in [0.2, 0.25) is 5.02 Å². The maximum Gasteiger partial charge on any atom is 0.278 e. The second-order valence-electron chi connectivity index (χ2n) is 4.65. The molecule has 1 aliphatic heterocycles. The Hall–Kier alpha value is -2.18. The second-order valence-corrected chi connectivity index (χ2v) is 5.06. The Kier molecular flexibility index (Phi) is 3.48. The lowest BCUT2D eigenvalue weighted by Crippen LogP contribution is -2.30. The maximum absolute atomic E-state index is 13.4. The van der Waals surface area contributed by atoms with Gasteiger partial charge in [0.1, 0.15) is 17.3 Å². The van der Waals surface area contributed by atoms with E-state index in [1.54, 1.807) is 18.2 Å². The lowest BCUT2D eigenvalue weighted by molar-refractivity contribution is 0.0985. The molecule has 5 nitrogen and oxygen atoms in total. The van der Waals surface area contributed by atoms with Gasteiger partial charge in [-0.2, -0.15) is 0 Å². The summed E-state index contributed by atoms with van der Waals surface area (Å²) in [5.74, 6) is 4.87. The summed E-state index contributed by atoms with van der Waals surface area (Å²) in [5, 5.41) is 0.226. The monoisotopic (exact) mass is 306 g/mol. The fourth-order valence-electron chi connectivity index (χ4n) is 2.36. The molecule has 0 bridgehead atoms. The van der Waals surface area contributed by atoms with Gasteiger partial charge >= 0.3 is 0 Å². The van der Waals surface area contributed by atoms with Crippen LogP contribution in [-0.2, 0) is 6.42 Å². The number of nitrogen functional groups attached to an aromatic ring is 1. The first-order chi connectivity index (χ1) is 10.1. The van der Waals surface area contributed by atoms with Crippen molar-refractivity contribution in [3.8, 4) is 0 Å². The molecule has 0 fully saturated rings. The van der Waals surface area contributed by atoms with Gasteiger partial charge in [-0.1, -0.05) is 17.7 Å². The number of halogens is 2. The van der Waals surface area contributed by atoms with Crippen molar-refractivity contribution in [2.24, 2.45) is 5.84 Å². The molecule has 7 heteroatoms. The predicted molar refractivity (Wildman–Crippen MR) is 78.8 cm³/mol. The number of amides is 1. The number of hydrogen-bond acceptors (Lipinski definition) is 4. The lowest BCUT2D eigenvalue weighted by atomic mass is 10.1. The SMILES string of the molecule is NNc1ccc(Cl)c(C(=O)N2CCc3ccc(F)cc32)n1. The molecular weight excluding hydrogens is 295 g/mol. The summed E-state index contributed by atoms with van der Waals surface area (Å²) in [5.41, 5.74) is 3.94. The van der Waals surface area contributed by atoms with E-state index in [1.807, 2.05) is 0 Å². The number of nitrogens with two attached hydrogens (primary N) is 1. The predicted octanol–water partition coefficient (Wildman–Crippen LogP) is 2.36. The van der Waals surface area contributed by atoms with Gasteiger partial charge in [0.05, 0.1) is 10.7 Å². The zero-order chi connectivity index (χ0) is 15.0. The van der Waals surface area contributed by atoms with Crippen LogP contribution in [0.1, 0.15) is 16.1 Å². The first kappa shape index (κ1) is 13.8. The van der Waals surface area contributed by atoms with E-state index in [0.29, 0.717) is 24.5 Å². The molecule has 0 atom stereocenters. The third-order valence-corrected chi connectivity index (χ3v) is 3.69. The number of nitrogens with one attached hydrogen (secondary N) is 1. The van der Waals surface area contributed by atoms with E-state index in [2.05, 4.69) is 10.4 Å². The fraction of sp³-hybridized carbons (Fsp3) is 0.143. The van der Waals surface area contributed by atoms with Crippen molar-refractivity contribution >= 4 is 29.0 Å². The molecule has 1 amide bonds. The van der Waals surface area contributed by atoms with Crippen LogP contribution in [0.5, 0.6) is 0 Å². The van der Waals surface area contributed by atoms with Gasteiger partial charge in [-0.15, -0.1) is 0 Å². The number of anilines is 2. The van der Waals surface area contributed by atoms with Gasteiger partial charge in [-0.3, -0.25) is 4.79 Å². The van der Waals surface area contributed by atoms with Crippen molar-refractivity contribution in [3.63, 3.8) is 0 Å². The van der Waals surface area contributed by atoms with Gasteiger partial charge in [0.2, 0.25) is 0 Å². The van der Waals surface area contributed by atoms with Gasteiger partial charge in [-0.05, 0) is 36.2 Å². The van der Waals surface area contributed by atoms with E-state index in [9.17, 15) is 9.18 Å². The highest BCUT2D eigenvalue weighted by Gasteiger charge is 2.28. The number of benzene rings is 1. The summed E-state index contributed by atoms with van der Waals surface area (Å²) >= 11 is 6.03. The Morgan fingerprint density at radius 3 is 2.95 bits per heavy atom. The van der Waals surface area contributed by atoms with Crippen LogP contribution in [0.15, 0.2) is 30.3 Å². The van der Waals surface area contributed by atoms with Crippen LogP contribution < -0.4 is 16.2 Å². The normalized spacial score (nSPS) is 13.2. The Balaban J connectivity index is 2.00. The van der Waals surface area contributed by atoms with E-state index >= 15 is 0 Å². The van der Waals surface area contributed by atoms with Crippen molar-refractivity contribution in [1.82, 2.24) is 4.98 Å². The third-order valence-electron chi connectivity index (χ3n) is 3.38. The minimum absolute atomic E-state index is 0.0872. The van der Waals surface area contributed by atoms with Crippen LogP contribution in [0.25, 0.3) is 0 Å². The standard InChI is InChI=1S/C14H12ClFN4O/c15-10-3-4-12(19-17)18-13(10)14(21)20-6-5-8-1-2-9(16)7-11(8)20/h1-4,7H,5-6,17H2,(H,18,19). The molecule has 108 valence electrons. The molecule has 21 heavy (non-hydrogen) atoms. The molecule has 1 aromatic heterocycles. The number of pyridine rings is 1. The Morgan fingerprint density at radius 1 is 1.38 bits per heavy atom. The quantitative estimate of drug-likeness (QED) is 0.660. The number of hydrazine groups is 1. The van der Waals surface area contributed by atoms with Crippen LogP contribution in [-0.4, -0.2) is 17.4 Å². The van der Waals surface area contributed by atoms with Crippen molar-refractivity contribution in [1.29, 1.82) is 0 Å². The molecule has 2 heterocycles. The van der Waals surface area contributed by atoms with Crippen molar-refractivity contribution < 1.29 is 9.18 Å². The van der Waals surface area contributed by atoms with E-state index in [-0.39, 0.29) is 22.4 Å². The van der Waals surface area contributed by atoms with Gasteiger partial charge < -0.3 is 10.3 Å². The molecule has 3 N–H and O–H groups in total. The molecule has 0 spiro atoms. The number of fused-ring (bicyclic) bond motifs is 1. The van der Waals surface area contributed by atoms with Gasteiger partial charge in [0.15, 0.2) is 0 Å². The number of carbonyl (C=O) groups excluding carboxylic acids is 1. The highest BCUT2D eigenvalue weighted by Crippen LogP contribution is 2.31. The third kappa shape index (κ3) is 2.43. The molecular formula is C14H12ClFN4O. The topological polar surface area (TPSA) is 71.2 Å². The van der Waals surface area contributed by atoms with Crippen LogP contribution in [0.3, 0.4) is 0 Å². The number of nitrogens with zero attached hydrogens (tertiary/aromatic N) is 2. The summed E-state index contributed by atoms with van der Waals surface area (Å²) in [6.45, 7) is 0.468. The van der Waals surface area contributed by atoms with Gasteiger partial charge in [-0.25, -0.2) is 15.2 Å². The highest BCUT2D eigenvalue weighted by atomic mass is 35.5. The summed E-state index contributed by atoms with van der Waals surface area (Å²) in [6.07, 6.45) is 0.674. The van der Waals surface area contributed by atoms with Gasteiger partial charge in [0.25, 0.3) is 5.91 Å². The number of aromatic nitrogens is 1. The molecule has 0 unspecified atom stereocenters. The minimum atomic E-state index is -0.384. The molecule has 0 saturated heterocycles. The number of rotatable bonds is 2. The Labute approximate surface area is 125 Å². The Bertz CT molecular complexity index is 722. The van der Waals surface area contributed by atoms with E-state index in [0.717, 1.165) is 5.56 Å². The number of carbonyl (C=O) groups is 1. The summed E-state index contributed by atoms with van der Waals surface area (Å²) in [4.78, 5) is 18.2. The molecule has 0 saturated carbocycles. The van der Waals surface area contributed by atoms with Crippen molar-refractivity contribution in [2.45, 2.75) is 6.42 Å². The van der Waals surface area contributed by atoms with Crippen LogP contribution >= 0.6 is 11.6 Å². The minimum Gasteiger partial charge on any atom is -0.308 e. The van der Waals surface area contributed by atoms with Crippen molar-refractivity contribution in [3.05, 3.63) is 52.4 Å². The van der Waals surface area contributed by atoms with Crippen LogP contribution in [0.4, 0.5) is 15.9 Å². The average molecular weight is 307 g/mol. The van der Waals surface area contributed by atoms with E-state index in [1.165, 1.54) is 17.0 Å². The average Bonchev–Trinajstić information content (AvgIpc) is 2.90. The van der Waals surface area contributed by atoms with Crippen LogP contribution in [0, 0.1) is 5.82 Å². The van der Waals surface area contributed by atoms with Gasteiger partial charge in [0, 0.05) is 6.54 Å². The first-order valence-corrected chi connectivity index (χ1v) is 6.71. The summed E-state index contributed by atoms with van der Waals surface area (Å²) in [7, 11) is 0. The Morgan fingerprint density at radius 2 is 2.19 bits per heavy atom. The first-order valence-electron chi connectivity index (χ1n) is 6.33. The second kappa shape index (κ2) is 5.31. The summed E-state index contributed by atoms with van der Waals surface area (Å²) in [6, 6.07) is 7.53. The molecule has 2 aromatic rings. The number of hydrogen-bond donors (Lipinski definition) is 2. The lowest BCUT2D eigenvalue weighted by Gasteiger charge is -2.18. The highest BCUT2D eigenvalue weighted by molar-refractivity contribution is 6.34. The molecule has 1 aliphatic rings. The zero-order valence-electron chi connectivity index (χ0n) is 10.9. The van der Waals surface area contributed by atoms with E-state index < -0.39 is 0 Å². The molecule has 3 rings (SSSR count).